The number of nitrogens with one attached hydrogen (secondary N) is 2. The summed E-state index contributed by atoms with van der Waals surface area (Å²) in [5.41, 5.74) is 11.4. The summed E-state index contributed by atoms with van der Waals surface area (Å²) in [5.74, 6) is 0.466. The van der Waals surface area contributed by atoms with Gasteiger partial charge in [-0.2, -0.15) is 0 Å². The molecule has 32 heavy (non-hydrogen) atoms. The van der Waals surface area contributed by atoms with E-state index < -0.39 is 0 Å². The minimum atomic E-state index is -0.193. The predicted octanol–water partition coefficient (Wildman–Crippen LogP) is 4.85. The number of hydrogen-bond donors (Lipinski definition) is 3. The van der Waals surface area contributed by atoms with Gasteiger partial charge in [0.1, 0.15) is 5.82 Å². The van der Waals surface area contributed by atoms with Crippen LogP contribution in [0.25, 0.3) is 11.3 Å². The van der Waals surface area contributed by atoms with Crippen LogP contribution >= 0.6 is 0 Å². The van der Waals surface area contributed by atoms with E-state index in [9.17, 15) is 4.79 Å². The zero-order valence-electron chi connectivity index (χ0n) is 17.9. The number of nitrogen functional groups attached to an aromatic ring is 1. The molecular weight excluding hydrogens is 400 g/mol. The fraction of sp³-hybridized carbons (Fsp3) is 0.120. The molecule has 0 radical (unpaired) electrons. The molecule has 4 aromatic rings. The molecule has 7 heteroatoms. The van der Waals surface area contributed by atoms with E-state index in [4.69, 9.17) is 5.73 Å². The monoisotopic (exact) mass is 424 g/mol. The molecule has 0 bridgehead atoms. The highest BCUT2D eigenvalue weighted by atomic mass is 16.1. The van der Waals surface area contributed by atoms with Crippen LogP contribution in [0.3, 0.4) is 0 Å². The molecule has 0 aliphatic carbocycles. The summed E-state index contributed by atoms with van der Waals surface area (Å²) in [6.45, 7) is 3.94. The maximum absolute atomic E-state index is 12.5. The largest absolute Gasteiger partial charge is 0.399 e. The summed E-state index contributed by atoms with van der Waals surface area (Å²) in [6, 6.07) is 17.0. The summed E-state index contributed by atoms with van der Waals surface area (Å²) in [6.07, 6.45) is 6.68. The van der Waals surface area contributed by atoms with Crippen LogP contribution in [0.5, 0.6) is 0 Å². The summed E-state index contributed by atoms with van der Waals surface area (Å²) in [4.78, 5) is 25.6. The lowest BCUT2D eigenvalue weighted by atomic mass is 10.1. The Morgan fingerprint density at radius 1 is 0.969 bits per heavy atom. The molecule has 4 N–H and O–H groups in total. The van der Waals surface area contributed by atoms with Crippen LogP contribution in [0.15, 0.2) is 79.4 Å². The number of aryl methyl sites for hydroxylation is 1. The van der Waals surface area contributed by atoms with Gasteiger partial charge in [-0.15, -0.1) is 0 Å². The van der Waals surface area contributed by atoms with E-state index in [1.165, 1.54) is 0 Å². The first-order valence-electron chi connectivity index (χ1n) is 10.3. The maximum atomic E-state index is 12.5. The van der Waals surface area contributed by atoms with Gasteiger partial charge in [-0.05, 0) is 55.3 Å². The number of rotatable bonds is 6. The number of carbonyl (C=O) groups is 1. The summed E-state index contributed by atoms with van der Waals surface area (Å²) in [7, 11) is 0. The number of amides is 1. The van der Waals surface area contributed by atoms with Crippen molar-refractivity contribution in [3.05, 3.63) is 96.1 Å². The Kier molecular flexibility index (Phi) is 6.07. The van der Waals surface area contributed by atoms with Gasteiger partial charge in [0.25, 0.3) is 5.91 Å². The van der Waals surface area contributed by atoms with Crippen molar-refractivity contribution < 1.29 is 4.79 Å². The number of aromatic nitrogens is 3. The fourth-order valence-electron chi connectivity index (χ4n) is 3.30. The second kappa shape index (κ2) is 9.26. The quantitative estimate of drug-likeness (QED) is 0.382. The van der Waals surface area contributed by atoms with Crippen molar-refractivity contribution in [3.8, 4) is 11.3 Å². The molecule has 0 fully saturated rings. The number of benzene rings is 2. The van der Waals surface area contributed by atoms with Crippen LogP contribution in [-0.4, -0.2) is 20.9 Å². The Balaban J connectivity index is 1.47. The molecule has 0 saturated carbocycles. The van der Waals surface area contributed by atoms with E-state index in [1.807, 2.05) is 68.4 Å². The number of hydrogen-bond acceptors (Lipinski definition) is 6. The molecule has 7 nitrogen and oxygen atoms in total. The molecular formula is C25H24N6O. The zero-order valence-corrected chi connectivity index (χ0v) is 17.9. The maximum Gasteiger partial charge on any atom is 0.257 e. The molecule has 0 saturated heterocycles. The molecule has 160 valence electrons. The fourth-order valence-corrected chi connectivity index (χ4v) is 3.30. The lowest BCUT2D eigenvalue weighted by Gasteiger charge is -2.16. The summed E-state index contributed by atoms with van der Waals surface area (Å²) >= 11 is 0. The van der Waals surface area contributed by atoms with E-state index in [-0.39, 0.29) is 11.9 Å². The predicted molar refractivity (Wildman–Crippen MR) is 127 cm³/mol. The standard InChI is InChI=1S/C25H24N6O/c1-16-10-20(13-27-12-16)25(32)30-22-5-3-4-19(11-22)17(2)29-24-15-28-14-23(31-24)18-6-8-21(26)9-7-18/h3-15,17H,26H2,1-2H3,(H,29,31)(H,30,32)/t17-/m0/s1. The van der Waals surface area contributed by atoms with E-state index in [1.54, 1.807) is 24.8 Å². The Hall–Kier alpha value is -4.26. The van der Waals surface area contributed by atoms with Crippen molar-refractivity contribution in [1.82, 2.24) is 15.0 Å². The molecule has 0 aliphatic heterocycles. The van der Waals surface area contributed by atoms with Crippen LogP contribution in [0.1, 0.15) is 34.5 Å². The van der Waals surface area contributed by atoms with Gasteiger partial charge < -0.3 is 16.4 Å². The lowest BCUT2D eigenvalue weighted by molar-refractivity contribution is 0.102. The smallest absolute Gasteiger partial charge is 0.257 e. The third-order valence-corrected chi connectivity index (χ3v) is 4.99. The number of nitrogens with two attached hydrogens (primary N) is 1. The van der Waals surface area contributed by atoms with Crippen molar-refractivity contribution in [3.63, 3.8) is 0 Å². The van der Waals surface area contributed by atoms with Crippen LogP contribution in [0, 0.1) is 6.92 Å². The molecule has 1 atom stereocenters. The molecule has 2 heterocycles. The number of pyridine rings is 1. The van der Waals surface area contributed by atoms with Crippen LogP contribution in [-0.2, 0) is 0 Å². The normalized spacial score (nSPS) is 11.6. The molecule has 2 aromatic heterocycles. The van der Waals surface area contributed by atoms with Gasteiger partial charge in [0.05, 0.1) is 29.7 Å². The van der Waals surface area contributed by atoms with E-state index in [0.29, 0.717) is 22.8 Å². The Morgan fingerprint density at radius 2 is 1.75 bits per heavy atom. The molecule has 1 amide bonds. The first-order chi connectivity index (χ1) is 15.5. The highest BCUT2D eigenvalue weighted by molar-refractivity contribution is 6.04. The van der Waals surface area contributed by atoms with Gasteiger partial charge >= 0.3 is 0 Å². The summed E-state index contributed by atoms with van der Waals surface area (Å²) in [5, 5.41) is 6.31. The third kappa shape index (κ3) is 5.07. The summed E-state index contributed by atoms with van der Waals surface area (Å²) < 4.78 is 0. The molecule has 2 aromatic carbocycles. The van der Waals surface area contributed by atoms with Crippen molar-refractivity contribution in [2.45, 2.75) is 19.9 Å². The van der Waals surface area contributed by atoms with Gasteiger partial charge in [-0.1, -0.05) is 24.3 Å². The average molecular weight is 425 g/mol. The number of nitrogens with zero attached hydrogens (tertiary/aromatic N) is 3. The van der Waals surface area contributed by atoms with Gasteiger partial charge in [0.15, 0.2) is 0 Å². The first-order valence-corrected chi connectivity index (χ1v) is 10.3. The van der Waals surface area contributed by atoms with Gasteiger partial charge in [0, 0.05) is 29.3 Å². The van der Waals surface area contributed by atoms with Crippen LogP contribution in [0.2, 0.25) is 0 Å². The number of carbonyl (C=O) groups excluding carboxylic acids is 1. The van der Waals surface area contributed by atoms with Crippen molar-refractivity contribution in [1.29, 1.82) is 0 Å². The minimum Gasteiger partial charge on any atom is -0.399 e. The molecule has 0 aliphatic rings. The topological polar surface area (TPSA) is 106 Å². The Labute approximate surface area is 186 Å². The van der Waals surface area contributed by atoms with E-state index in [0.717, 1.165) is 22.4 Å². The SMILES string of the molecule is Cc1cncc(C(=O)Nc2cccc([C@H](C)Nc3cncc(-c4ccc(N)cc4)n3)c2)c1. The van der Waals surface area contributed by atoms with Crippen molar-refractivity contribution in [2.75, 3.05) is 16.4 Å². The molecule has 0 unspecified atom stereocenters. The van der Waals surface area contributed by atoms with Crippen LogP contribution in [0.4, 0.5) is 17.2 Å². The Morgan fingerprint density at radius 3 is 2.53 bits per heavy atom. The second-order valence-electron chi connectivity index (χ2n) is 7.61. The average Bonchev–Trinajstić information content (AvgIpc) is 2.80. The zero-order chi connectivity index (χ0) is 22.5. The second-order valence-corrected chi connectivity index (χ2v) is 7.61. The highest BCUT2D eigenvalue weighted by Gasteiger charge is 2.11. The third-order valence-electron chi connectivity index (χ3n) is 4.99. The Bertz CT molecular complexity index is 1240. The number of anilines is 3. The van der Waals surface area contributed by atoms with Crippen LogP contribution < -0.4 is 16.4 Å². The van der Waals surface area contributed by atoms with Crippen molar-refractivity contribution in [2.24, 2.45) is 0 Å². The first kappa shape index (κ1) is 21.0. The molecule has 0 spiro atoms. The van der Waals surface area contributed by atoms with Crippen molar-refractivity contribution >= 4 is 23.1 Å². The van der Waals surface area contributed by atoms with Gasteiger partial charge in [-0.3, -0.25) is 14.8 Å². The molecule has 4 rings (SSSR count). The lowest BCUT2D eigenvalue weighted by Crippen LogP contribution is -2.13. The highest BCUT2D eigenvalue weighted by Crippen LogP contribution is 2.23. The minimum absolute atomic E-state index is 0.0524. The van der Waals surface area contributed by atoms with Gasteiger partial charge in [-0.25, -0.2) is 4.98 Å². The van der Waals surface area contributed by atoms with Gasteiger partial charge in [0.2, 0.25) is 0 Å². The van der Waals surface area contributed by atoms with E-state index >= 15 is 0 Å². The van der Waals surface area contributed by atoms with E-state index in [2.05, 4.69) is 25.6 Å².